The summed E-state index contributed by atoms with van der Waals surface area (Å²) in [5.41, 5.74) is 6.50. The molecule has 0 saturated carbocycles. The van der Waals surface area contributed by atoms with E-state index in [4.69, 9.17) is 4.98 Å². The van der Waals surface area contributed by atoms with E-state index in [-0.39, 0.29) is 12.4 Å². The lowest BCUT2D eigenvalue weighted by atomic mass is 9.97. The van der Waals surface area contributed by atoms with Gasteiger partial charge < -0.3 is 5.32 Å². The van der Waals surface area contributed by atoms with Crippen LogP contribution in [0, 0.1) is 20.8 Å². The molecule has 0 atom stereocenters. The molecule has 2 heterocycles. The topological polar surface area (TPSA) is 24.9 Å². The van der Waals surface area contributed by atoms with Gasteiger partial charge in [-0.25, -0.2) is 4.98 Å². The molecule has 21 heavy (non-hydrogen) atoms. The zero-order valence-corrected chi connectivity index (χ0v) is 14.5. The third-order valence-electron chi connectivity index (χ3n) is 4.14. The van der Waals surface area contributed by atoms with E-state index in [1.807, 2.05) is 11.3 Å². The van der Waals surface area contributed by atoms with Gasteiger partial charge in [-0.1, -0.05) is 17.7 Å². The van der Waals surface area contributed by atoms with Gasteiger partial charge in [0.05, 0.1) is 10.7 Å². The summed E-state index contributed by atoms with van der Waals surface area (Å²) in [6.07, 6.45) is 2.44. The number of halogens is 1. The van der Waals surface area contributed by atoms with Gasteiger partial charge in [-0.05, 0) is 57.8 Å². The van der Waals surface area contributed by atoms with E-state index in [9.17, 15) is 0 Å². The SMILES string of the molecule is Cc1cc(C)c(-c2csc(C3CCNCC3)n2)c(C)c1.Cl. The summed E-state index contributed by atoms with van der Waals surface area (Å²) >= 11 is 1.83. The van der Waals surface area contributed by atoms with E-state index < -0.39 is 0 Å². The summed E-state index contributed by atoms with van der Waals surface area (Å²) in [5, 5.41) is 6.98. The largest absolute Gasteiger partial charge is 0.317 e. The molecule has 1 aromatic carbocycles. The van der Waals surface area contributed by atoms with Gasteiger partial charge in [0, 0.05) is 16.9 Å². The van der Waals surface area contributed by atoms with E-state index in [1.54, 1.807) is 0 Å². The first-order valence-electron chi connectivity index (χ1n) is 7.39. The monoisotopic (exact) mass is 322 g/mol. The minimum atomic E-state index is 0. The second-order valence-corrected chi connectivity index (χ2v) is 6.76. The fourth-order valence-electron chi connectivity index (χ4n) is 3.24. The third kappa shape index (κ3) is 3.47. The molecule has 0 amide bonds. The van der Waals surface area contributed by atoms with Gasteiger partial charge in [-0.2, -0.15) is 0 Å². The average molecular weight is 323 g/mol. The summed E-state index contributed by atoms with van der Waals surface area (Å²) < 4.78 is 0. The Bertz CT molecular complexity index is 592. The number of hydrogen-bond acceptors (Lipinski definition) is 3. The normalized spacial score (nSPS) is 15.8. The van der Waals surface area contributed by atoms with Crippen LogP contribution in [0.2, 0.25) is 0 Å². The highest BCUT2D eigenvalue weighted by Crippen LogP contribution is 2.34. The number of nitrogens with zero attached hydrogens (tertiary/aromatic N) is 1. The molecule has 1 aliphatic rings. The van der Waals surface area contributed by atoms with Crippen molar-refractivity contribution < 1.29 is 0 Å². The lowest BCUT2D eigenvalue weighted by molar-refractivity contribution is 0.459. The van der Waals surface area contributed by atoms with Gasteiger partial charge in [0.25, 0.3) is 0 Å². The molecule has 2 aromatic rings. The number of aromatic nitrogens is 1. The second-order valence-electron chi connectivity index (χ2n) is 5.87. The first-order valence-corrected chi connectivity index (χ1v) is 8.27. The maximum Gasteiger partial charge on any atom is 0.0964 e. The van der Waals surface area contributed by atoms with Crippen LogP contribution >= 0.6 is 23.7 Å². The summed E-state index contributed by atoms with van der Waals surface area (Å²) in [5.74, 6) is 0.654. The minimum Gasteiger partial charge on any atom is -0.317 e. The van der Waals surface area contributed by atoms with E-state index >= 15 is 0 Å². The number of piperidine rings is 1. The van der Waals surface area contributed by atoms with Crippen LogP contribution in [-0.2, 0) is 0 Å². The van der Waals surface area contributed by atoms with Crippen LogP contribution in [0.4, 0.5) is 0 Å². The molecule has 1 aromatic heterocycles. The average Bonchev–Trinajstić information content (AvgIpc) is 2.88. The third-order valence-corrected chi connectivity index (χ3v) is 5.15. The number of hydrogen-bond donors (Lipinski definition) is 1. The van der Waals surface area contributed by atoms with Crippen molar-refractivity contribution in [2.75, 3.05) is 13.1 Å². The van der Waals surface area contributed by atoms with Crippen molar-refractivity contribution in [3.05, 3.63) is 39.2 Å². The van der Waals surface area contributed by atoms with Crippen molar-refractivity contribution in [1.29, 1.82) is 0 Å². The van der Waals surface area contributed by atoms with Crippen molar-refractivity contribution in [1.82, 2.24) is 10.3 Å². The highest BCUT2D eigenvalue weighted by Gasteiger charge is 2.19. The number of rotatable bonds is 2. The van der Waals surface area contributed by atoms with Crippen LogP contribution in [0.5, 0.6) is 0 Å². The standard InChI is InChI=1S/C17H22N2S.ClH/c1-11-8-12(2)16(13(3)9-11)15-10-20-17(19-15)14-4-6-18-7-5-14;/h8-10,14,18H,4-7H2,1-3H3;1H. The zero-order valence-electron chi connectivity index (χ0n) is 12.9. The Morgan fingerprint density at radius 3 is 2.33 bits per heavy atom. The maximum atomic E-state index is 4.95. The summed E-state index contributed by atoms with van der Waals surface area (Å²) in [7, 11) is 0. The summed E-state index contributed by atoms with van der Waals surface area (Å²) in [4.78, 5) is 4.95. The van der Waals surface area contributed by atoms with Crippen molar-refractivity contribution in [3.63, 3.8) is 0 Å². The Kier molecular flexibility index (Phi) is 5.42. The Labute approximate surface area is 137 Å². The molecule has 4 heteroatoms. The molecule has 2 nitrogen and oxygen atoms in total. The number of nitrogens with one attached hydrogen (secondary N) is 1. The van der Waals surface area contributed by atoms with Crippen LogP contribution in [0.3, 0.4) is 0 Å². The molecule has 0 spiro atoms. The van der Waals surface area contributed by atoms with E-state index in [2.05, 4.69) is 43.6 Å². The predicted molar refractivity (Wildman–Crippen MR) is 93.9 cm³/mol. The number of benzene rings is 1. The van der Waals surface area contributed by atoms with Crippen LogP contribution in [0.25, 0.3) is 11.3 Å². The van der Waals surface area contributed by atoms with Gasteiger partial charge in [-0.3, -0.25) is 0 Å². The lowest BCUT2D eigenvalue weighted by Gasteiger charge is -2.20. The molecule has 0 radical (unpaired) electrons. The second kappa shape index (κ2) is 6.91. The van der Waals surface area contributed by atoms with Gasteiger partial charge in [0.2, 0.25) is 0 Å². The Balaban J connectivity index is 0.00000161. The first-order chi connectivity index (χ1) is 9.65. The Hall–Kier alpha value is -0.900. The van der Waals surface area contributed by atoms with Crippen molar-refractivity contribution in [3.8, 4) is 11.3 Å². The predicted octanol–water partition coefficient (Wildman–Crippen LogP) is 4.62. The Morgan fingerprint density at radius 2 is 1.71 bits per heavy atom. The highest BCUT2D eigenvalue weighted by molar-refractivity contribution is 7.10. The molecule has 1 N–H and O–H groups in total. The van der Waals surface area contributed by atoms with Gasteiger partial charge in [-0.15, -0.1) is 23.7 Å². The quantitative estimate of drug-likeness (QED) is 0.872. The van der Waals surface area contributed by atoms with E-state index in [0.29, 0.717) is 5.92 Å². The smallest absolute Gasteiger partial charge is 0.0964 e. The van der Waals surface area contributed by atoms with Gasteiger partial charge >= 0.3 is 0 Å². The molecule has 3 rings (SSSR count). The zero-order chi connectivity index (χ0) is 14.1. The summed E-state index contributed by atoms with van der Waals surface area (Å²) in [6.45, 7) is 8.80. The molecular weight excluding hydrogens is 300 g/mol. The van der Waals surface area contributed by atoms with E-state index in [0.717, 1.165) is 13.1 Å². The van der Waals surface area contributed by atoms with Crippen LogP contribution in [0.1, 0.15) is 40.5 Å². The van der Waals surface area contributed by atoms with Crippen LogP contribution in [0.15, 0.2) is 17.5 Å². The fraction of sp³-hybridized carbons (Fsp3) is 0.471. The molecular formula is C17H23ClN2S. The Morgan fingerprint density at radius 1 is 1.10 bits per heavy atom. The fourth-order valence-corrected chi connectivity index (χ4v) is 4.23. The first kappa shape index (κ1) is 16.5. The molecule has 1 saturated heterocycles. The van der Waals surface area contributed by atoms with Crippen molar-refractivity contribution in [2.24, 2.45) is 0 Å². The number of aryl methyl sites for hydroxylation is 3. The molecule has 0 bridgehead atoms. The molecule has 1 aliphatic heterocycles. The highest BCUT2D eigenvalue weighted by atomic mass is 35.5. The van der Waals surface area contributed by atoms with Crippen molar-refractivity contribution >= 4 is 23.7 Å². The van der Waals surface area contributed by atoms with Gasteiger partial charge in [0.15, 0.2) is 0 Å². The molecule has 114 valence electrons. The minimum absolute atomic E-state index is 0. The lowest BCUT2D eigenvalue weighted by Crippen LogP contribution is -2.26. The summed E-state index contributed by atoms with van der Waals surface area (Å²) in [6, 6.07) is 4.51. The van der Waals surface area contributed by atoms with Crippen molar-refractivity contribution in [2.45, 2.75) is 39.5 Å². The maximum absolute atomic E-state index is 4.95. The van der Waals surface area contributed by atoms with Gasteiger partial charge in [0.1, 0.15) is 0 Å². The number of thiazole rings is 1. The van der Waals surface area contributed by atoms with E-state index in [1.165, 1.54) is 45.8 Å². The molecule has 1 fully saturated rings. The van der Waals surface area contributed by atoms with Crippen LogP contribution < -0.4 is 5.32 Å². The van der Waals surface area contributed by atoms with Crippen LogP contribution in [-0.4, -0.2) is 18.1 Å². The molecule has 0 unspecified atom stereocenters. The molecule has 0 aliphatic carbocycles.